The van der Waals surface area contributed by atoms with Gasteiger partial charge in [0.1, 0.15) is 0 Å². The molecule has 5 heteroatoms. The number of ether oxygens (including phenoxy) is 1. The Bertz CT molecular complexity index is 203. The molecule has 0 radical (unpaired) electrons. The van der Waals surface area contributed by atoms with Crippen molar-refractivity contribution in [3.63, 3.8) is 0 Å². The first-order valence-electron chi connectivity index (χ1n) is 4.68. The molecular weight excluding hydrogens is 204 g/mol. The van der Waals surface area contributed by atoms with Crippen molar-refractivity contribution < 1.29 is 18.3 Å². The zero-order valence-electron chi connectivity index (χ0n) is 8.86. The number of hydrogen-bond donors (Lipinski definition) is 1. The molecule has 0 rings (SSSR count). The minimum absolute atomic E-state index is 0.00550. The largest absolute Gasteiger partial charge is 0.463 e. The van der Waals surface area contributed by atoms with Gasteiger partial charge in [0.05, 0.1) is 18.3 Å². The zero-order valence-corrected chi connectivity index (χ0v) is 9.67. The molecule has 0 aromatic carbocycles. The van der Waals surface area contributed by atoms with E-state index in [0.29, 0.717) is 5.92 Å². The van der Waals surface area contributed by atoms with Crippen molar-refractivity contribution in [2.24, 2.45) is 5.92 Å². The van der Waals surface area contributed by atoms with E-state index < -0.39 is 17.0 Å². The third-order valence-corrected chi connectivity index (χ3v) is 2.17. The number of esters is 1. The lowest BCUT2D eigenvalue weighted by Gasteiger charge is -2.14. The van der Waals surface area contributed by atoms with Crippen LogP contribution in [0.2, 0.25) is 0 Å². The van der Waals surface area contributed by atoms with Gasteiger partial charge in [-0.25, -0.2) is 4.21 Å². The molecule has 0 spiro atoms. The van der Waals surface area contributed by atoms with E-state index in [9.17, 15) is 9.00 Å². The fraction of sp³-hybridized carbons (Fsp3) is 0.889. The van der Waals surface area contributed by atoms with Crippen LogP contribution in [0.4, 0.5) is 0 Å². The molecule has 0 fully saturated rings. The molecule has 0 aliphatic heterocycles. The normalized spacial score (nSPS) is 15.2. The zero-order chi connectivity index (χ0) is 11.1. The lowest BCUT2D eigenvalue weighted by atomic mass is 10.1. The topological polar surface area (TPSA) is 63.6 Å². The highest BCUT2D eigenvalue weighted by atomic mass is 32.2. The van der Waals surface area contributed by atoms with E-state index in [2.05, 4.69) is 0 Å². The number of hydrogen-bond acceptors (Lipinski definition) is 3. The molecule has 0 aromatic heterocycles. The van der Waals surface area contributed by atoms with Crippen LogP contribution in [-0.2, 0) is 20.6 Å². The van der Waals surface area contributed by atoms with Crippen molar-refractivity contribution in [3.05, 3.63) is 0 Å². The Morgan fingerprint density at radius 2 is 2.00 bits per heavy atom. The van der Waals surface area contributed by atoms with Gasteiger partial charge in [-0.15, -0.1) is 0 Å². The standard InChI is InChI=1S/C9H18O4S/c1-7(2)6-8(3)13-9(10)4-5-14(11)12/h7-8H,4-6H2,1-3H3,(H,11,12). The van der Waals surface area contributed by atoms with Gasteiger partial charge in [0.2, 0.25) is 0 Å². The highest BCUT2D eigenvalue weighted by Gasteiger charge is 2.11. The average molecular weight is 222 g/mol. The summed E-state index contributed by atoms with van der Waals surface area (Å²) in [7, 11) is 0. The van der Waals surface area contributed by atoms with E-state index in [0.717, 1.165) is 6.42 Å². The first-order valence-corrected chi connectivity index (χ1v) is 5.96. The summed E-state index contributed by atoms with van der Waals surface area (Å²) in [4.78, 5) is 11.1. The Hall–Kier alpha value is -0.420. The van der Waals surface area contributed by atoms with Crippen molar-refractivity contribution in [2.75, 3.05) is 5.75 Å². The van der Waals surface area contributed by atoms with Crippen molar-refractivity contribution in [1.82, 2.24) is 0 Å². The molecule has 2 unspecified atom stereocenters. The predicted octanol–water partition coefficient (Wildman–Crippen LogP) is 1.58. The van der Waals surface area contributed by atoms with Crippen LogP contribution in [-0.4, -0.2) is 26.6 Å². The van der Waals surface area contributed by atoms with Crippen LogP contribution >= 0.6 is 0 Å². The first kappa shape index (κ1) is 13.6. The summed E-state index contributed by atoms with van der Waals surface area (Å²) < 4.78 is 23.7. The minimum Gasteiger partial charge on any atom is -0.463 e. The number of rotatable bonds is 6. The SMILES string of the molecule is CC(C)CC(C)OC(=O)CCS(=O)O. The Kier molecular flexibility index (Phi) is 6.74. The van der Waals surface area contributed by atoms with Crippen LogP contribution in [0.5, 0.6) is 0 Å². The molecule has 1 N–H and O–H groups in total. The van der Waals surface area contributed by atoms with Gasteiger partial charge >= 0.3 is 5.97 Å². The molecule has 4 nitrogen and oxygen atoms in total. The van der Waals surface area contributed by atoms with Crippen molar-refractivity contribution in [3.8, 4) is 0 Å². The summed E-state index contributed by atoms with van der Waals surface area (Å²) in [6.07, 6.45) is 0.703. The van der Waals surface area contributed by atoms with E-state index in [1.807, 2.05) is 20.8 Å². The fourth-order valence-electron chi connectivity index (χ4n) is 1.17. The number of carbonyl (C=O) groups is 1. The highest BCUT2D eigenvalue weighted by molar-refractivity contribution is 7.79. The van der Waals surface area contributed by atoms with Crippen molar-refractivity contribution >= 4 is 17.0 Å². The molecule has 84 valence electrons. The fourth-order valence-corrected chi connectivity index (χ4v) is 1.51. The van der Waals surface area contributed by atoms with E-state index in [-0.39, 0.29) is 18.3 Å². The third-order valence-electron chi connectivity index (χ3n) is 1.62. The maximum Gasteiger partial charge on any atom is 0.307 e. The second kappa shape index (κ2) is 6.95. The molecule has 0 amide bonds. The summed E-state index contributed by atoms with van der Waals surface area (Å²) in [5.41, 5.74) is 0. The maximum atomic E-state index is 11.1. The van der Waals surface area contributed by atoms with Gasteiger partial charge in [-0.3, -0.25) is 4.79 Å². The minimum atomic E-state index is -1.91. The van der Waals surface area contributed by atoms with Gasteiger partial charge in [-0.05, 0) is 19.3 Å². The second-order valence-corrected chi connectivity index (χ2v) is 4.76. The molecule has 0 aliphatic rings. The summed E-state index contributed by atoms with van der Waals surface area (Å²) in [5.74, 6) is 0.0260. The van der Waals surface area contributed by atoms with E-state index in [1.165, 1.54) is 0 Å². The molecule has 14 heavy (non-hydrogen) atoms. The van der Waals surface area contributed by atoms with Gasteiger partial charge in [0.25, 0.3) is 0 Å². The number of carbonyl (C=O) groups excluding carboxylic acids is 1. The molecular formula is C9H18O4S. The van der Waals surface area contributed by atoms with Gasteiger partial charge < -0.3 is 9.29 Å². The predicted molar refractivity (Wildman–Crippen MR) is 55.3 cm³/mol. The average Bonchev–Trinajstić information content (AvgIpc) is 1.98. The van der Waals surface area contributed by atoms with E-state index in [1.54, 1.807) is 0 Å². The molecule has 0 aliphatic carbocycles. The monoisotopic (exact) mass is 222 g/mol. The van der Waals surface area contributed by atoms with E-state index >= 15 is 0 Å². The van der Waals surface area contributed by atoms with E-state index in [4.69, 9.17) is 9.29 Å². The Balaban J connectivity index is 3.65. The summed E-state index contributed by atoms with van der Waals surface area (Å²) >= 11 is -1.91. The lowest BCUT2D eigenvalue weighted by molar-refractivity contribution is -0.148. The van der Waals surface area contributed by atoms with Crippen LogP contribution in [0.3, 0.4) is 0 Å². The van der Waals surface area contributed by atoms with Crippen LogP contribution in [0, 0.1) is 5.92 Å². The third kappa shape index (κ3) is 8.19. The van der Waals surface area contributed by atoms with Crippen molar-refractivity contribution in [1.29, 1.82) is 0 Å². The van der Waals surface area contributed by atoms with Gasteiger partial charge in [-0.1, -0.05) is 13.8 Å². The molecule has 0 saturated heterocycles. The van der Waals surface area contributed by atoms with Crippen LogP contribution in [0.1, 0.15) is 33.6 Å². The van der Waals surface area contributed by atoms with Gasteiger partial charge in [0.15, 0.2) is 11.1 Å². The Labute approximate surface area is 87.3 Å². The van der Waals surface area contributed by atoms with Crippen LogP contribution in [0.15, 0.2) is 0 Å². The summed E-state index contributed by atoms with van der Waals surface area (Å²) in [6, 6.07) is 0. The molecule has 0 heterocycles. The lowest BCUT2D eigenvalue weighted by Crippen LogP contribution is -2.18. The molecule has 0 aromatic rings. The molecule has 0 saturated carbocycles. The van der Waals surface area contributed by atoms with Gasteiger partial charge in [0, 0.05) is 0 Å². The van der Waals surface area contributed by atoms with Crippen LogP contribution < -0.4 is 0 Å². The summed E-state index contributed by atoms with van der Waals surface area (Å²) in [5, 5.41) is 0. The van der Waals surface area contributed by atoms with Gasteiger partial charge in [-0.2, -0.15) is 0 Å². The Morgan fingerprint density at radius 1 is 1.43 bits per heavy atom. The highest BCUT2D eigenvalue weighted by Crippen LogP contribution is 2.08. The van der Waals surface area contributed by atoms with Crippen molar-refractivity contribution in [2.45, 2.75) is 39.7 Å². The maximum absolute atomic E-state index is 11.1. The second-order valence-electron chi connectivity index (χ2n) is 3.71. The molecule has 2 atom stereocenters. The quantitative estimate of drug-likeness (QED) is 0.547. The van der Waals surface area contributed by atoms with Crippen LogP contribution in [0.25, 0.3) is 0 Å². The summed E-state index contributed by atoms with van der Waals surface area (Å²) in [6.45, 7) is 5.92. The smallest absolute Gasteiger partial charge is 0.307 e. The Morgan fingerprint density at radius 3 is 2.43 bits per heavy atom. The molecule has 0 bridgehead atoms. The first-order chi connectivity index (χ1) is 6.41.